The molecule has 0 bridgehead atoms. The van der Waals surface area contributed by atoms with Crippen molar-refractivity contribution in [2.24, 2.45) is 22.9 Å². The van der Waals surface area contributed by atoms with Crippen molar-refractivity contribution >= 4 is 40.6 Å². The fraction of sp³-hybridized carbons (Fsp3) is 0.485. The molecule has 0 radical (unpaired) electrons. The molecule has 6 rings (SSSR count). The molecule has 1 aliphatic carbocycles. The minimum Gasteiger partial charge on any atom is -0.378 e. The third-order valence-corrected chi connectivity index (χ3v) is 8.90. The van der Waals surface area contributed by atoms with E-state index in [1.807, 2.05) is 29.2 Å². The molecule has 2 aromatic carbocycles. The average molecular weight is 644 g/mol. The number of rotatable bonds is 9. The lowest BCUT2D eigenvalue weighted by molar-refractivity contribution is -0.115. The van der Waals surface area contributed by atoms with E-state index in [4.69, 9.17) is 42.6 Å². The van der Waals surface area contributed by atoms with Crippen LogP contribution in [0.15, 0.2) is 48.5 Å². The van der Waals surface area contributed by atoms with Crippen LogP contribution in [0.2, 0.25) is 0 Å². The minimum atomic E-state index is -0.373. The standard InChI is InChI=1S/C33H45N11O3/c34-22-13-21(14-23(35)15-22)31-40-32(42-33(41-31)44-18-24(36)16-25(37)19-44)38-26-7-5-20(6-8-26)29(45)17-30(46)39-27-3-1-2-4-28(27)43-9-11-47-12-10-43/h1-8,21-25H,9-19,34-37H2,(H,39,46)(H,38,40,41,42)/t21?,22-,23+,24-,25+. The van der Waals surface area contributed by atoms with Gasteiger partial charge in [-0.25, -0.2) is 0 Å². The second-order valence-electron chi connectivity index (χ2n) is 12.9. The van der Waals surface area contributed by atoms with Crippen LogP contribution in [0.1, 0.15) is 54.2 Å². The number of para-hydroxylation sites is 2. The van der Waals surface area contributed by atoms with E-state index >= 15 is 0 Å². The molecular weight excluding hydrogens is 598 g/mol. The van der Waals surface area contributed by atoms with Gasteiger partial charge in [-0.05, 0) is 62.1 Å². The third kappa shape index (κ3) is 8.39. The lowest BCUT2D eigenvalue weighted by Gasteiger charge is -2.35. The molecule has 1 unspecified atom stereocenters. The Morgan fingerprint density at radius 1 is 0.787 bits per heavy atom. The summed E-state index contributed by atoms with van der Waals surface area (Å²) in [5.41, 5.74) is 27.9. The van der Waals surface area contributed by atoms with E-state index in [0.29, 0.717) is 61.0 Å². The molecule has 250 valence electrons. The Morgan fingerprint density at radius 3 is 2.15 bits per heavy atom. The predicted octanol–water partition coefficient (Wildman–Crippen LogP) is 1.45. The minimum absolute atomic E-state index is 0.00448. The van der Waals surface area contributed by atoms with Gasteiger partial charge in [0.25, 0.3) is 0 Å². The van der Waals surface area contributed by atoms with Gasteiger partial charge >= 0.3 is 0 Å². The summed E-state index contributed by atoms with van der Waals surface area (Å²) in [6, 6.07) is 14.3. The van der Waals surface area contributed by atoms with E-state index in [-0.39, 0.29) is 48.2 Å². The number of carbonyl (C=O) groups is 2. The van der Waals surface area contributed by atoms with Gasteiger partial charge in [0.1, 0.15) is 5.82 Å². The number of amides is 1. The van der Waals surface area contributed by atoms with Crippen molar-refractivity contribution in [3.63, 3.8) is 0 Å². The monoisotopic (exact) mass is 643 g/mol. The van der Waals surface area contributed by atoms with Crippen LogP contribution in [-0.2, 0) is 9.53 Å². The van der Waals surface area contributed by atoms with Gasteiger partial charge in [0.15, 0.2) is 5.78 Å². The Balaban J connectivity index is 1.14. The number of nitrogens with two attached hydrogens (primary N) is 4. The van der Waals surface area contributed by atoms with Crippen LogP contribution in [0.5, 0.6) is 0 Å². The fourth-order valence-corrected chi connectivity index (χ4v) is 6.69. The molecular formula is C33H45N11O3. The highest BCUT2D eigenvalue weighted by atomic mass is 16.5. The van der Waals surface area contributed by atoms with Crippen LogP contribution in [0, 0.1) is 0 Å². The van der Waals surface area contributed by atoms with Crippen molar-refractivity contribution in [1.82, 2.24) is 15.0 Å². The predicted molar refractivity (Wildman–Crippen MR) is 182 cm³/mol. The lowest BCUT2D eigenvalue weighted by Crippen LogP contribution is -2.53. The van der Waals surface area contributed by atoms with Crippen molar-refractivity contribution in [3.05, 3.63) is 59.9 Å². The second-order valence-corrected chi connectivity index (χ2v) is 12.9. The molecule has 3 heterocycles. The number of aromatic nitrogens is 3. The number of Topliss-reactive ketones (excluding diaryl/α,β-unsaturated/α-hetero) is 1. The van der Waals surface area contributed by atoms with Gasteiger partial charge in [-0.1, -0.05) is 12.1 Å². The van der Waals surface area contributed by atoms with E-state index in [1.165, 1.54) is 0 Å². The molecule has 14 nitrogen and oxygen atoms in total. The van der Waals surface area contributed by atoms with E-state index in [1.54, 1.807) is 24.3 Å². The van der Waals surface area contributed by atoms with Crippen LogP contribution in [0.3, 0.4) is 0 Å². The first-order valence-electron chi connectivity index (χ1n) is 16.3. The zero-order valence-electron chi connectivity index (χ0n) is 26.6. The summed E-state index contributed by atoms with van der Waals surface area (Å²) in [5, 5.41) is 6.18. The SMILES string of the molecule is N[C@@H]1CC(c2nc(Nc3ccc(C(=O)CC(=O)Nc4ccccc4N4CCOCC4)cc3)nc(N3C[C@H](N)C[C@H](N)C3)n2)C[C@H](N)C1. The van der Waals surface area contributed by atoms with Crippen LogP contribution in [-0.4, -0.2) is 90.2 Å². The Morgan fingerprint density at radius 2 is 1.45 bits per heavy atom. The lowest BCUT2D eigenvalue weighted by atomic mass is 9.83. The van der Waals surface area contributed by atoms with Crippen molar-refractivity contribution < 1.29 is 14.3 Å². The van der Waals surface area contributed by atoms with E-state index in [2.05, 4.69) is 15.5 Å². The molecule has 47 heavy (non-hydrogen) atoms. The van der Waals surface area contributed by atoms with Gasteiger partial charge in [0, 0.05) is 67.5 Å². The highest BCUT2D eigenvalue weighted by molar-refractivity contribution is 6.11. The highest BCUT2D eigenvalue weighted by Crippen LogP contribution is 2.32. The number of hydrogen-bond donors (Lipinski definition) is 6. The normalized spacial score (nSPS) is 24.9. The maximum atomic E-state index is 13.1. The fourth-order valence-electron chi connectivity index (χ4n) is 6.69. The number of ether oxygens (including phenoxy) is 1. The van der Waals surface area contributed by atoms with Gasteiger partial charge in [0.05, 0.1) is 31.0 Å². The number of piperidine rings is 1. The molecule has 10 N–H and O–H groups in total. The van der Waals surface area contributed by atoms with Crippen LogP contribution < -0.4 is 43.4 Å². The smallest absolute Gasteiger partial charge is 0.232 e. The van der Waals surface area contributed by atoms with E-state index in [0.717, 1.165) is 44.5 Å². The topological polar surface area (TPSA) is 217 Å². The summed E-state index contributed by atoms with van der Waals surface area (Å²) in [5.74, 6) is 0.832. The zero-order valence-corrected chi connectivity index (χ0v) is 26.6. The second kappa shape index (κ2) is 14.7. The Labute approximate surface area is 274 Å². The number of nitrogens with one attached hydrogen (secondary N) is 2. The summed E-state index contributed by atoms with van der Waals surface area (Å²) >= 11 is 0. The summed E-state index contributed by atoms with van der Waals surface area (Å²) in [6.45, 7) is 3.92. The first-order valence-corrected chi connectivity index (χ1v) is 16.3. The molecule has 1 aromatic heterocycles. The number of ketones is 1. The number of nitrogens with zero attached hydrogens (tertiary/aromatic N) is 5. The average Bonchev–Trinajstić information content (AvgIpc) is 3.04. The Kier molecular flexibility index (Phi) is 10.2. The van der Waals surface area contributed by atoms with Crippen molar-refractivity contribution in [2.75, 3.05) is 59.8 Å². The molecule has 3 aliphatic rings. The molecule has 2 aliphatic heterocycles. The first-order chi connectivity index (χ1) is 22.7. The first kappa shape index (κ1) is 32.7. The molecule has 1 amide bonds. The Hall–Kier alpha value is -4.21. The van der Waals surface area contributed by atoms with Gasteiger partial charge in [-0.2, -0.15) is 15.0 Å². The van der Waals surface area contributed by atoms with Crippen molar-refractivity contribution in [3.8, 4) is 0 Å². The zero-order chi connectivity index (χ0) is 32.9. The van der Waals surface area contributed by atoms with Gasteiger partial charge < -0.3 is 48.1 Å². The molecule has 3 aromatic rings. The highest BCUT2D eigenvalue weighted by Gasteiger charge is 2.31. The number of benzene rings is 2. The Bertz CT molecular complexity index is 1480. The van der Waals surface area contributed by atoms with Gasteiger partial charge in [0.2, 0.25) is 17.8 Å². The summed E-state index contributed by atoms with van der Waals surface area (Å²) < 4.78 is 5.45. The molecule has 2 saturated heterocycles. The number of hydrogen-bond acceptors (Lipinski definition) is 13. The molecule has 14 heteroatoms. The number of carbonyl (C=O) groups excluding carboxylic acids is 2. The molecule has 1 saturated carbocycles. The van der Waals surface area contributed by atoms with Crippen LogP contribution in [0.25, 0.3) is 0 Å². The number of anilines is 5. The third-order valence-electron chi connectivity index (χ3n) is 8.90. The maximum Gasteiger partial charge on any atom is 0.232 e. The maximum absolute atomic E-state index is 13.1. The quantitative estimate of drug-likeness (QED) is 0.144. The molecule has 0 spiro atoms. The van der Waals surface area contributed by atoms with Gasteiger partial charge in [-0.15, -0.1) is 0 Å². The van der Waals surface area contributed by atoms with Crippen molar-refractivity contribution in [2.45, 2.75) is 62.2 Å². The summed E-state index contributed by atoms with van der Waals surface area (Å²) in [7, 11) is 0. The van der Waals surface area contributed by atoms with E-state index < -0.39 is 0 Å². The molecule has 3 fully saturated rings. The number of morpholine rings is 1. The summed E-state index contributed by atoms with van der Waals surface area (Å²) in [4.78, 5) is 44.5. The summed E-state index contributed by atoms with van der Waals surface area (Å²) in [6.07, 6.45) is 2.69. The van der Waals surface area contributed by atoms with E-state index in [9.17, 15) is 9.59 Å². The molecule has 5 atom stereocenters. The largest absolute Gasteiger partial charge is 0.378 e. The van der Waals surface area contributed by atoms with Crippen LogP contribution in [0.4, 0.5) is 29.0 Å². The van der Waals surface area contributed by atoms with Gasteiger partial charge in [-0.3, -0.25) is 9.59 Å². The van der Waals surface area contributed by atoms with Crippen LogP contribution >= 0.6 is 0 Å². The van der Waals surface area contributed by atoms with Crippen molar-refractivity contribution in [1.29, 1.82) is 0 Å².